The van der Waals surface area contributed by atoms with Crippen LogP contribution in [0.15, 0.2) is 11.8 Å². The molecule has 2 heteroatoms. The van der Waals surface area contributed by atoms with Gasteiger partial charge in [-0.05, 0) is 38.0 Å². The lowest BCUT2D eigenvalue weighted by atomic mass is 9.88. The highest BCUT2D eigenvalue weighted by Crippen LogP contribution is 2.34. The molecule has 0 aromatic heterocycles. The average Bonchev–Trinajstić information content (AvgIpc) is 2.55. The van der Waals surface area contributed by atoms with E-state index in [0.29, 0.717) is 0 Å². The smallest absolute Gasteiger partial charge is 0.0783 e. The van der Waals surface area contributed by atoms with E-state index in [4.69, 9.17) is 0 Å². The topological polar surface area (TPSA) is 3.24 Å². The first-order valence-corrected chi connectivity index (χ1v) is 7.70. The van der Waals surface area contributed by atoms with E-state index in [-0.39, 0.29) is 0 Å². The van der Waals surface area contributed by atoms with Crippen molar-refractivity contribution < 1.29 is 4.48 Å². The number of quaternary nitrogens is 1. The Morgan fingerprint density at radius 1 is 1.22 bits per heavy atom. The number of fused-ring (bicyclic) bond motifs is 2. The fraction of sp³-hybridized carbons (Fsp3) is 0.875. The highest BCUT2D eigenvalue weighted by molar-refractivity contribution is 5.07. The monoisotopic (exact) mass is 251 g/mol. The van der Waals surface area contributed by atoms with Crippen molar-refractivity contribution in [1.82, 2.24) is 4.90 Å². The van der Waals surface area contributed by atoms with E-state index in [1.807, 2.05) is 0 Å². The van der Waals surface area contributed by atoms with Crippen LogP contribution in [0.1, 0.15) is 44.9 Å². The van der Waals surface area contributed by atoms with Gasteiger partial charge in [-0.3, -0.25) is 0 Å². The highest BCUT2D eigenvalue weighted by Gasteiger charge is 2.30. The van der Waals surface area contributed by atoms with Gasteiger partial charge < -0.3 is 9.38 Å². The molecule has 0 radical (unpaired) electrons. The Bertz CT molecular complexity index is 301. The molecule has 0 N–H and O–H groups in total. The molecule has 2 nitrogen and oxygen atoms in total. The Morgan fingerprint density at radius 3 is 2.72 bits per heavy atom. The molecular weight excluding hydrogens is 220 g/mol. The Morgan fingerprint density at radius 2 is 2.00 bits per heavy atom. The Labute approximate surface area is 113 Å². The fourth-order valence-corrected chi connectivity index (χ4v) is 3.59. The van der Waals surface area contributed by atoms with Crippen LogP contribution in [0.2, 0.25) is 0 Å². The standard InChI is InChI=1S/C16H31N2/c1-17-15-9-5-6-11-16(17)14(8-7-10-15)12-13-18(2,3)4/h10,14,16H,5-9,11-13H2,1-4H3/q+1/t14-,16-/m1/s1. The molecule has 2 rings (SSSR count). The summed E-state index contributed by atoms with van der Waals surface area (Å²) in [5, 5.41) is 0. The second-order valence-corrected chi connectivity index (χ2v) is 7.26. The summed E-state index contributed by atoms with van der Waals surface area (Å²) in [5.74, 6) is 0.902. The third-order valence-corrected chi connectivity index (χ3v) is 4.77. The van der Waals surface area contributed by atoms with Crippen LogP contribution in [0.4, 0.5) is 0 Å². The van der Waals surface area contributed by atoms with Crippen LogP contribution in [0.25, 0.3) is 0 Å². The van der Waals surface area contributed by atoms with Crippen molar-refractivity contribution in [1.29, 1.82) is 0 Å². The summed E-state index contributed by atoms with van der Waals surface area (Å²) in [7, 11) is 9.29. The van der Waals surface area contributed by atoms with Crippen molar-refractivity contribution in [2.24, 2.45) is 5.92 Å². The number of hydrogen-bond acceptors (Lipinski definition) is 1. The van der Waals surface area contributed by atoms with Gasteiger partial charge in [0.05, 0.1) is 27.7 Å². The first-order valence-electron chi connectivity index (χ1n) is 7.70. The third-order valence-electron chi connectivity index (χ3n) is 4.77. The minimum atomic E-state index is 0.813. The summed E-state index contributed by atoms with van der Waals surface area (Å²) in [6.07, 6.45) is 12.2. The van der Waals surface area contributed by atoms with E-state index >= 15 is 0 Å². The van der Waals surface area contributed by atoms with Crippen LogP contribution >= 0.6 is 0 Å². The molecule has 1 fully saturated rings. The van der Waals surface area contributed by atoms with Crippen molar-refractivity contribution in [2.75, 3.05) is 34.7 Å². The zero-order valence-electron chi connectivity index (χ0n) is 12.8. The van der Waals surface area contributed by atoms with Crippen LogP contribution < -0.4 is 0 Å². The largest absolute Gasteiger partial charge is 0.375 e. The van der Waals surface area contributed by atoms with E-state index < -0.39 is 0 Å². The van der Waals surface area contributed by atoms with E-state index in [2.05, 4.69) is 39.2 Å². The fourth-order valence-electron chi connectivity index (χ4n) is 3.59. The van der Waals surface area contributed by atoms with Crippen LogP contribution in [0.5, 0.6) is 0 Å². The zero-order valence-corrected chi connectivity index (χ0v) is 12.8. The van der Waals surface area contributed by atoms with Gasteiger partial charge in [0.2, 0.25) is 0 Å². The number of hydrogen-bond donors (Lipinski definition) is 0. The van der Waals surface area contributed by atoms with Gasteiger partial charge in [0.1, 0.15) is 0 Å². The SMILES string of the molecule is CN1C2=CCC[C@H](CC[N+](C)(C)C)[C@H]1CCCC2. The summed E-state index contributed by atoms with van der Waals surface area (Å²) in [5.41, 5.74) is 1.63. The molecule has 18 heavy (non-hydrogen) atoms. The maximum absolute atomic E-state index is 2.63. The normalized spacial score (nSPS) is 29.6. The molecule has 0 spiro atoms. The molecule has 2 atom stereocenters. The van der Waals surface area contributed by atoms with Crippen molar-refractivity contribution in [3.63, 3.8) is 0 Å². The van der Waals surface area contributed by atoms with Crippen LogP contribution in [0.3, 0.4) is 0 Å². The molecular formula is C16H31N2+. The molecule has 1 saturated heterocycles. The molecule has 0 aliphatic carbocycles. The molecule has 0 aromatic rings. The summed E-state index contributed by atoms with van der Waals surface area (Å²) < 4.78 is 1.10. The Balaban J connectivity index is 2.03. The van der Waals surface area contributed by atoms with E-state index in [0.717, 1.165) is 16.4 Å². The van der Waals surface area contributed by atoms with Crippen molar-refractivity contribution >= 4 is 0 Å². The van der Waals surface area contributed by atoms with Gasteiger partial charge in [-0.25, -0.2) is 0 Å². The number of allylic oxidation sites excluding steroid dienone is 2. The summed E-state index contributed by atoms with van der Waals surface area (Å²) in [6, 6.07) is 0.813. The predicted octanol–water partition coefficient (Wildman–Crippen LogP) is 3.25. The van der Waals surface area contributed by atoms with Gasteiger partial charge in [0.25, 0.3) is 0 Å². The first-order chi connectivity index (χ1) is 8.47. The Hall–Kier alpha value is -0.500. The second kappa shape index (κ2) is 5.64. The first kappa shape index (κ1) is 13.9. The summed E-state index contributed by atoms with van der Waals surface area (Å²) >= 11 is 0. The van der Waals surface area contributed by atoms with Gasteiger partial charge in [-0.1, -0.05) is 12.5 Å². The van der Waals surface area contributed by atoms with Crippen LogP contribution in [-0.4, -0.2) is 50.2 Å². The second-order valence-electron chi connectivity index (χ2n) is 7.26. The van der Waals surface area contributed by atoms with Crippen LogP contribution in [0, 0.1) is 5.92 Å². The minimum Gasteiger partial charge on any atom is -0.375 e. The lowest BCUT2D eigenvalue weighted by Crippen LogP contribution is -2.40. The maximum atomic E-state index is 2.63. The van der Waals surface area contributed by atoms with Gasteiger partial charge in [0, 0.05) is 25.2 Å². The predicted molar refractivity (Wildman–Crippen MR) is 78.3 cm³/mol. The van der Waals surface area contributed by atoms with Crippen molar-refractivity contribution in [2.45, 2.75) is 51.0 Å². The molecule has 104 valence electrons. The number of rotatable bonds is 3. The van der Waals surface area contributed by atoms with Gasteiger partial charge >= 0.3 is 0 Å². The van der Waals surface area contributed by atoms with E-state index in [1.165, 1.54) is 51.5 Å². The lowest BCUT2D eigenvalue weighted by Gasteiger charge is -2.35. The third kappa shape index (κ3) is 3.50. The molecule has 0 unspecified atom stereocenters. The number of nitrogens with zero attached hydrogens (tertiary/aromatic N) is 2. The highest BCUT2D eigenvalue weighted by atomic mass is 15.3. The van der Waals surface area contributed by atoms with E-state index in [9.17, 15) is 0 Å². The van der Waals surface area contributed by atoms with Crippen molar-refractivity contribution in [3.8, 4) is 0 Å². The Kier molecular flexibility index (Phi) is 4.37. The quantitative estimate of drug-likeness (QED) is 0.696. The molecule has 2 bridgehead atoms. The summed E-state index contributed by atoms with van der Waals surface area (Å²) in [4.78, 5) is 2.63. The molecule has 0 saturated carbocycles. The zero-order chi connectivity index (χ0) is 13.2. The van der Waals surface area contributed by atoms with Crippen LogP contribution in [-0.2, 0) is 0 Å². The molecule has 2 aliphatic rings. The molecule has 2 heterocycles. The maximum Gasteiger partial charge on any atom is 0.0783 e. The molecule has 0 aromatic carbocycles. The summed E-state index contributed by atoms with van der Waals surface area (Å²) in [6.45, 7) is 1.31. The van der Waals surface area contributed by atoms with Crippen molar-refractivity contribution in [3.05, 3.63) is 11.8 Å². The van der Waals surface area contributed by atoms with Gasteiger partial charge in [0.15, 0.2) is 0 Å². The van der Waals surface area contributed by atoms with Gasteiger partial charge in [-0.2, -0.15) is 0 Å². The lowest BCUT2D eigenvalue weighted by molar-refractivity contribution is -0.871. The minimum absolute atomic E-state index is 0.813. The van der Waals surface area contributed by atoms with Gasteiger partial charge in [-0.15, -0.1) is 0 Å². The molecule has 0 amide bonds. The molecule has 2 aliphatic heterocycles. The van der Waals surface area contributed by atoms with E-state index in [1.54, 1.807) is 5.70 Å². The average molecular weight is 251 g/mol.